The Balaban J connectivity index is 2.48. The number of hydrogen-bond donors (Lipinski definition) is 2. The summed E-state index contributed by atoms with van der Waals surface area (Å²) in [5, 5.41) is 11.6. The molecule has 1 aromatic carbocycles. The van der Waals surface area contributed by atoms with E-state index in [0.29, 0.717) is 11.4 Å². The number of urea groups is 1. The first-order valence-electron chi connectivity index (χ1n) is 5.49. The zero-order chi connectivity index (χ0) is 13.3. The van der Waals surface area contributed by atoms with E-state index in [0.717, 1.165) is 5.56 Å². The molecule has 1 aliphatic heterocycles. The second kappa shape index (κ2) is 4.56. The van der Waals surface area contributed by atoms with Crippen molar-refractivity contribution in [3.05, 3.63) is 23.8 Å². The Bertz CT molecular complexity index is 501. The van der Waals surface area contributed by atoms with Crippen molar-refractivity contribution in [3.63, 3.8) is 0 Å². The molecule has 0 aromatic heterocycles. The third-order valence-corrected chi connectivity index (χ3v) is 2.86. The highest BCUT2D eigenvalue weighted by Crippen LogP contribution is 2.32. The van der Waals surface area contributed by atoms with E-state index in [1.165, 1.54) is 12.0 Å². The molecule has 0 spiro atoms. The highest BCUT2D eigenvalue weighted by molar-refractivity contribution is 6.02. The molecule has 1 fully saturated rings. The van der Waals surface area contributed by atoms with Gasteiger partial charge in [0.05, 0.1) is 19.3 Å². The molecule has 18 heavy (non-hydrogen) atoms. The summed E-state index contributed by atoms with van der Waals surface area (Å²) in [7, 11) is 1.48. The van der Waals surface area contributed by atoms with Gasteiger partial charge in [-0.1, -0.05) is 6.07 Å². The van der Waals surface area contributed by atoms with Crippen molar-refractivity contribution in [2.45, 2.75) is 13.0 Å². The quantitative estimate of drug-likeness (QED) is 0.838. The molecular formula is C12H14N2O4. The predicted octanol–water partition coefficient (Wildman–Crippen LogP) is 0.986. The Morgan fingerprint density at radius 1 is 1.56 bits per heavy atom. The maximum absolute atomic E-state index is 11.8. The molecule has 1 aromatic rings. The second-order valence-corrected chi connectivity index (χ2v) is 4.09. The molecule has 0 bridgehead atoms. The first-order chi connectivity index (χ1) is 8.54. The van der Waals surface area contributed by atoms with Crippen LogP contribution in [0.25, 0.3) is 0 Å². The topological polar surface area (TPSA) is 78.9 Å². The van der Waals surface area contributed by atoms with Gasteiger partial charge in [-0.25, -0.2) is 9.59 Å². The van der Waals surface area contributed by atoms with Gasteiger partial charge in [0.1, 0.15) is 5.75 Å². The van der Waals surface area contributed by atoms with Crippen molar-refractivity contribution in [1.29, 1.82) is 0 Å². The lowest BCUT2D eigenvalue weighted by Gasteiger charge is -2.22. The minimum absolute atomic E-state index is 0.0886. The standard InChI is InChI=1S/C12H14N2O4/c1-7-3-4-10(18-2)8(5-7)14-9(11(15)16)6-13-12(14)17/h3-5,9H,6H2,1-2H3,(H,13,17)(H,15,16). The zero-order valence-electron chi connectivity index (χ0n) is 10.1. The van der Waals surface area contributed by atoms with E-state index in [1.54, 1.807) is 12.1 Å². The molecule has 1 atom stereocenters. The maximum Gasteiger partial charge on any atom is 0.328 e. The van der Waals surface area contributed by atoms with Crippen LogP contribution in [0.5, 0.6) is 5.75 Å². The molecule has 2 amide bonds. The SMILES string of the molecule is COc1ccc(C)cc1N1C(=O)NCC1C(=O)O. The van der Waals surface area contributed by atoms with Crippen LogP contribution in [0, 0.1) is 6.92 Å². The van der Waals surface area contributed by atoms with Gasteiger partial charge in [-0.2, -0.15) is 0 Å². The van der Waals surface area contributed by atoms with Crippen molar-refractivity contribution < 1.29 is 19.4 Å². The summed E-state index contributed by atoms with van der Waals surface area (Å²) in [6, 6.07) is 3.96. The number of hydrogen-bond acceptors (Lipinski definition) is 3. The van der Waals surface area contributed by atoms with Crippen LogP contribution in [0.2, 0.25) is 0 Å². The average Bonchev–Trinajstić information content (AvgIpc) is 2.71. The predicted molar refractivity (Wildman–Crippen MR) is 65.0 cm³/mol. The Morgan fingerprint density at radius 2 is 2.28 bits per heavy atom. The van der Waals surface area contributed by atoms with Crippen LogP contribution in [-0.4, -0.2) is 36.8 Å². The molecule has 1 unspecified atom stereocenters. The fraction of sp³-hybridized carbons (Fsp3) is 0.333. The van der Waals surface area contributed by atoms with E-state index < -0.39 is 18.0 Å². The Hall–Kier alpha value is -2.24. The van der Waals surface area contributed by atoms with Gasteiger partial charge in [-0.3, -0.25) is 4.90 Å². The van der Waals surface area contributed by atoms with Crippen LogP contribution in [0.1, 0.15) is 5.56 Å². The third kappa shape index (κ3) is 1.97. The number of carboxylic acid groups (broad SMARTS) is 1. The normalized spacial score (nSPS) is 18.7. The molecule has 6 nitrogen and oxygen atoms in total. The van der Waals surface area contributed by atoms with E-state index >= 15 is 0 Å². The molecule has 1 saturated heterocycles. The van der Waals surface area contributed by atoms with Crippen LogP contribution < -0.4 is 15.0 Å². The molecule has 2 rings (SSSR count). The number of methoxy groups -OCH3 is 1. The summed E-state index contributed by atoms with van der Waals surface area (Å²) in [6.45, 7) is 1.96. The number of amides is 2. The van der Waals surface area contributed by atoms with Gasteiger partial charge < -0.3 is 15.2 Å². The van der Waals surface area contributed by atoms with Gasteiger partial charge >= 0.3 is 12.0 Å². The number of aryl methyl sites for hydroxylation is 1. The molecule has 0 radical (unpaired) electrons. The van der Waals surface area contributed by atoms with Crippen molar-refractivity contribution in [2.24, 2.45) is 0 Å². The third-order valence-electron chi connectivity index (χ3n) is 2.86. The van der Waals surface area contributed by atoms with Crippen LogP contribution in [0.15, 0.2) is 18.2 Å². The van der Waals surface area contributed by atoms with Crippen molar-refractivity contribution in [3.8, 4) is 5.75 Å². The molecule has 1 heterocycles. The molecule has 0 saturated carbocycles. The van der Waals surface area contributed by atoms with Gasteiger partial charge in [-0.15, -0.1) is 0 Å². The van der Waals surface area contributed by atoms with Crippen molar-refractivity contribution in [1.82, 2.24) is 5.32 Å². The van der Waals surface area contributed by atoms with Gasteiger partial charge in [0, 0.05) is 0 Å². The van der Waals surface area contributed by atoms with E-state index in [1.807, 2.05) is 13.0 Å². The number of anilines is 1. The van der Waals surface area contributed by atoms with Gasteiger partial charge in [-0.05, 0) is 24.6 Å². The zero-order valence-corrected chi connectivity index (χ0v) is 10.1. The van der Waals surface area contributed by atoms with Crippen LogP contribution >= 0.6 is 0 Å². The lowest BCUT2D eigenvalue weighted by atomic mass is 10.1. The van der Waals surface area contributed by atoms with Crippen LogP contribution in [0.4, 0.5) is 10.5 Å². The number of aliphatic carboxylic acids is 1. The number of ether oxygens (including phenoxy) is 1. The minimum atomic E-state index is -1.04. The van der Waals surface area contributed by atoms with Crippen molar-refractivity contribution >= 4 is 17.7 Å². The smallest absolute Gasteiger partial charge is 0.328 e. The molecule has 0 aliphatic carbocycles. The Labute approximate surface area is 104 Å². The molecule has 6 heteroatoms. The van der Waals surface area contributed by atoms with Gasteiger partial charge in [0.25, 0.3) is 0 Å². The van der Waals surface area contributed by atoms with Gasteiger partial charge in [0.15, 0.2) is 6.04 Å². The second-order valence-electron chi connectivity index (χ2n) is 4.09. The summed E-state index contributed by atoms with van der Waals surface area (Å²) >= 11 is 0. The number of carboxylic acids is 1. The van der Waals surface area contributed by atoms with E-state index in [9.17, 15) is 9.59 Å². The fourth-order valence-electron chi connectivity index (χ4n) is 1.97. The number of rotatable bonds is 3. The molecule has 2 N–H and O–H groups in total. The monoisotopic (exact) mass is 250 g/mol. The average molecular weight is 250 g/mol. The largest absolute Gasteiger partial charge is 0.495 e. The number of nitrogens with zero attached hydrogens (tertiary/aromatic N) is 1. The molecule has 96 valence electrons. The minimum Gasteiger partial charge on any atom is -0.495 e. The first-order valence-corrected chi connectivity index (χ1v) is 5.49. The fourth-order valence-corrected chi connectivity index (χ4v) is 1.97. The van der Waals surface area contributed by atoms with Crippen LogP contribution in [0.3, 0.4) is 0 Å². The number of carbonyl (C=O) groups excluding carboxylic acids is 1. The Kier molecular flexibility index (Phi) is 3.10. The highest BCUT2D eigenvalue weighted by Gasteiger charge is 2.38. The van der Waals surface area contributed by atoms with Gasteiger partial charge in [0.2, 0.25) is 0 Å². The highest BCUT2D eigenvalue weighted by atomic mass is 16.5. The summed E-state index contributed by atoms with van der Waals surface area (Å²) in [6.07, 6.45) is 0. The number of nitrogens with one attached hydrogen (secondary N) is 1. The summed E-state index contributed by atoms with van der Waals surface area (Å²) < 4.78 is 5.17. The number of benzene rings is 1. The number of carbonyl (C=O) groups is 2. The molecular weight excluding hydrogens is 236 g/mol. The van der Waals surface area contributed by atoms with E-state index in [-0.39, 0.29) is 6.54 Å². The lowest BCUT2D eigenvalue weighted by Crippen LogP contribution is -2.39. The van der Waals surface area contributed by atoms with E-state index in [4.69, 9.17) is 9.84 Å². The van der Waals surface area contributed by atoms with Crippen molar-refractivity contribution in [2.75, 3.05) is 18.6 Å². The van der Waals surface area contributed by atoms with Crippen LogP contribution in [-0.2, 0) is 4.79 Å². The summed E-state index contributed by atoms with van der Waals surface area (Å²) in [5.74, 6) is -0.569. The first kappa shape index (κ1) is 12.2. The van der Waals surface area contributed by atoms with E-state index in [2.05, 4.69) is 5.32 Å². The lowest BCUT2D eigenvalue weighted by molar-refractivity contribution is -0.137. The Morgan fingerprint density at radius 3 is 2.89 bits per heavy atom. The maximum atomic E-state index is 11.8. The molecule has 1 aliphatic rings. The summed E-state index contributed by atoms with van der Waals surface area (Å²) in [5.41, 5.74) is 1.40. The summed E-state index contributed by atoms with van der Waals surface area (Å²) in [4.78, 5) is 24.1.